The SMILES string of the molecule is CCCOc1ccc(C(C)N2CCNCC2C(N)=O)cc1. The summed E-state index contributed by atoms with van der Waals surface area (Å²) in [6.45, 7) is 7.26. The van der Waals surface area contributed by atoms with Crippen molar-refractivity contribution in [1.29, 1.82) is 0 Å². The van der Waals surface area contributed by atoms with E-state index in [0.717, 1.165) is 31.9 Å². The lowest BCUT2D eigenvalue weighted by atomic mass is 10.0. The highest BCUT2D eigenvalue weighted by Gasteiger charge is 2.30. The molecule has 1 saturated heterocycles. The molecule has 1 heterocycles. The Hall–Kier alpha value is -1.59. The number of benzene rings is 1. The van der Waals surface area contributed by atoms with Gasteiger partial charge < -0.3 is 15.8 Å². The third-order valence-electron chi connectivity index (χ3n) is 3.95. The van der Waals surface area contributed by atoms with E-state index < -0.39 is 0 Å². The van der Waals surface area contributed by atoms with Crippen molar-refractivity contribution in [2.45, 2.75) is 32.4 Å². The molecule has 0 aliphatic carbocycles. The fraction of sp³-hybridized carbons (Fsp3) is 0.562. The van der Waals surface area contributed by atoms with Crippen molar-refractivity contribution < 1.29 is 9.53 Å². The number of carbonyl (C=O) groups is 1. The molecule has 21 heavy (non-hydrogen) atoms. The first-order chi connectivity index (χ1) is 10.1. The molecule has 2 rings (SSSR count). The number of piperazine rings is 1. The van der Waals surface area contributed by atoms with Crippen LogP contribution in [0, 0.1) is 0 Å². The van der Waals surface area contributed by atoms with E-state index in [9.17, 15) is 4.79 Å². The molecule has 0 radical (unpaired) electrons. The zero-order valence-electron chi connectivity index (χ0n) is 12.8. The average molecular weight is 291 g/mol. The third kappa shape index (κ3) is 3.95. The first-order valence-electron chi connectivity index (χ1n) is 7.62. The quantitative estimate of drug-likeness (QED) is 0.829. The van der Waals surface area contributed by atoms with Crippen LogP contribution in [0.5, 0.6) is 5.75 Å². The van der Waals surface area contributed by atoms with Crippen molar-refractivity contribution >= 4 is 5.91 Å². The van der Waals surface area contributed by atoms with Gasteiger partial charge in [0.05, 0.1) is 6.61 Å². The highest BCUT2D eigenvalue weighted by molar-refractivity contribution is 5.80. The Labute approximate surface area is 126 Å². The summed E-state index contributed by atoms with van der Waals surface area (Å²) in [5.41, 5.74) is 6.68. The Morgan fingerprint density at radius 1 is 1.48 bits per heavy atom. The Balaban J connectivity index is 2.07. The van der Waals surface area contributed by atoms with Crippen molar-refractivity contribution in [2.24, 2.45) is 5.73 Å². The van der Waals surface area contributed by atoms with Crippen LogP contribution < -0.4 is 15.8 Å². The van der Waals surface area contributed by atoms with Crippen LogP contribution in [0.3, 0.4) is 0 Å². The summed E-state index contributed by atoms with van der Waals surface area (Å²) in [6, 6.07) is 8.02. The number of nitrogens with two attached hydrogens (primary N) is 1. The number of hydrogen-bond acceptors (Lipinski definition) is 4. The minimum atomic E-state index is -0.267. The van der Waals surface area contributed by atoms with Crippen molar-refractivity contribution in [3.63, 3.8) is 0 Å². The van der Waals surface area contributed by atoms with Crippen molar-refractivity contribution in [3.8, 4) is 5.75 Å². The van der Waals surface area contributed by atoms with E-state index in [2.05, 4.69) is 36.2 Å². The van der Waals surface area contributed by atoms with E-state index in [1.807, 2.05) is 12.1 Å². The molecular weight excluding hydrogens is 266 g/mol. The van der Waals surface area contributed by atoms with Crippen LogP contribution in [0.15, 0.2) is 24.3 Å². The van der Waals surface area contributed by atoms with Gasteiger partial charge in [0.25, 0.3) is 0 Å². The Kier molecular flexibility index (Phi) is 5.59. The molecule has 1 aromatic rings. The number of ether oxygens (including phenoxy) is 1. The second-order valence-corrected chi connectivity index (χ2v) is 5.45. The number of rotatable bonds is 6. The molecule has 1 aromatic carbocycles. The fourth-order valence-electron chi connectivity index (χ4n) is 2.70. The summed E-state index contributed by atoms with van der Waals surface area (Å²) in [5.74, 6) is 0.622. The van der Waals surface area contributed by atoms with E-state index in [-0.39, 0.29) is 18.0 Å². The number of carbonyl (C=O) groups excluding carboxylic acids is 1. The Bertz CT molecular complexity index is 461. The normalized spacial score (nSPS) is 21.0. The summed E-state index contributed by atoms with van der Waals surface area (Å²) < 4.78 is 5.60. The van der Waals surface area contributed by atoms with Gasteiger partial charge in [-0.3, -0.25) is 9.69 Å². The van der Waals surface area contributed by atoms with E-state index in [1.54, 1.807) is 0 Å². The Morgan fingerprint density at radius 2 is 2.19 bits per heavy atom. The molecule has 0 saturated carbocycles. The van der Waals surface area contributed by atoms with Gasteiger partial charge in [-0.1, -0.05) is 19.1 Å². The monoisotopic (exact) mass is 291 g/mol. The van der Waals surface area contributed by atoms with Crippen molar-refractivity contribution in [2.75, 3.05) is 26.2 Å². The summed E-state index contributed by atoms with van der Waals surface area (Å²) in [4.78, 5) is 13.8. The maximum absolute atomic E-state index is 11.6. The predicted molar refractivity (Wildman–Crippen MR) is 83.2 cm³/mol. The lowest BCUT2D eigenvalue weighted by molar-refractivity contribution is -0.124. The molecule has 3 N–H and O–H groups in total. The van der Waals surface area contributed by atoms with Crippen LogP contribution in [0.25, 0.3) is 0 Å². The van der Waals surface area contributed by atoms with Gasteiger partial charge in [0.1, 0.15) is 11.8 Å². The van der Waals surface area contributed by atoms with Crippen LogP contribution in [-0.2, 0) is 4.79 Å². The molecule has 2 unspecified atom stereocenters. The van der Waals surface area contributed by atoms with Gasteiger partial charge in [-0.25, -0.2) is 0 Å². The van der Waals surface area contributed by atoms with Crippen LogP contribution in [0.2, 0.25) is 0 Å². The van der Waals surface area contributed by atoms with Crippen LogP contribution in [0.4, 0.5) is 0 Å². The first kappa shape index (κ1) is 15.8. The highest BCUT2D eigenvalue weighted by atomic mass is 16.5. The smallest absolute Gasteiger partial charge is 0.236 e. The minimum Gasteiger partial charge on any atom is -0.494 e. The van der Waals surface area contributed by atoms with Crippen molar-refractivity contribution in [3.05, 3.63) is 29.8 Å². The second kappa shape index (κ2) is 7.43. The van der Waals surface area contributed by atoms with Gasteiger partial charge in [0.15, 0.2) is 0 Å². The lowest BCUT2D eigenvalue weighted by Gasteiger charge is -2.38. The fourth-order valence-corrected chi connectivity index (χ4v) is 2.70. The number of primary amides is 1. The van der Waals surface area contributed by atoms with E-state index in [1.165, 1.54) is 5.56 Å². The zero-order chi connectivity index (χ0) is 15.2. The summed E-state index contributed by atoms with van der Waals surface area (Å²) in [7, 11) is 0. The molecule has 1 fully saturated rings. The molecule has 5 heteroatoms. The standard InChI is InChI=1S/C16H25N3O2/c1-3-10-21-14-6-4-13(5-7-14)12(2)19-9-8-18-11-15(19)16(17)20/h4-7,12,15,18H,3,8-11H2,1-2H3,(H2,17,20). The molecule has 0 spiro atoms. The average Bonchev–Trinajstić information content (AvgIpc) is 2.52. The van der Waals surface area contributed by atoms with E-state index in [4.69, 9.17) is 10.5 Å². The molecule has 116 valence electrons. The zero-order valence-corrected chi connectivity index (χ0v) is 12.8. The highest BCUT2D eigenvalue weighted by Crippen LogP contribution is 2.25. The number of nitrogens with zero attached hydrogens (tertiary/aromatic N) is 1. The number of nitrogens with one attached hydrogen (secondary N) is 1. The van der Waals surface area contributed by atoms with Crippen LogP contribution >= 0.6 is 0 Å². The molecule has 5 nitrogen and oxygen atoms in total. The predicted octanol–water partition coefficient (Wildman–Crippen LogP) is 1.30. The topological polar surface area (TPSA) is 67.6 Å². The first-order valence-corrected chi connectivity index (χ1v) is 7.62. The van der Waals surface area contributed by atoms with Gasteiger partial charge in [-0.2, -0.15) is 0 Å². The summed E-state index contributed by atoms with van der Waals surface area (Å²) in [5, 5.41) is 3.22. The van der Waals surface area contributed by atoms with Crippen LogP contribution in [0.1, 0.15) is 31.9 Å². The van der Waals surface area contributed by atoms with Crippen molar-refractivity contribution in [1.82, 2.24) is 10.2 Å². The molecular formula is C16H25N3O2. The maximum atomic E-state index is 11.6. The summed E-state index contributed by atoms with van der Waals surface area (Å²) >= 11 is 0. The molecule has 0 aromatic heterocycles. The van der Waals surface area contributed by atoms with Gasteiger partial charge in [-0.05, 0) is 31.0 Å². The second-order valence-electron chi connectivity index (χ2n) is 5.45. The van der Waals surface area contributed by atoms with Gasteiger partial charge in [0, 0.05) is 25.7 Å². The number of amides is 1. The Morgan fingerprint density at radius 3 is 2.81 bits per heavy atom. The van der Waals surface area contributed by atoms with E-state index in [0.29, 0.717) is 6.54 Å². The van der Waals surface area contributed by atoms with Gasteiger partial charge in [0.2, 0.25) is 5.91 Å². The molecule has 2 atom stereocenters. The van der Waals surface area contributed by atoms with Gasteiger partial charge >= 0.3 is 0 Å². The number of hydrogen-bond donors (Lipinski definition) is 2. The third-order valence-corrected chi connectivity index (χ3v) is 3.95. The lowest BCUT2D eigenvalue weighted by Crippen LogP contribution is -2.57. The van der Waals surface area contributed by atoms with Gasteiger partial charge in [-0.15, -0.1) is 0 Å². The van der Waals surface area contributed by atoms with E-state index >= 15 is 0 Å². The molecule has 1 aliphatic rings. The minimum absolute atomic E-state index is 0.157. The van der Waals surface area contributed by atoms with Crippen LogP contribution in [-0.4, -0.2) is 43.1 Å². The largest absolute Gasteiger partial charge is 0.494 e. The maximum Gasteiger partial charge on any atom is 0.236 e. The molecule has 1 amide bonds. The summed E-state index contributed by atoms with van der Waals surface area (Å²) in [6.07, 6.45) is 0.999. The molecule has 1 aliphatic heterocycles. The molecule has 0 bridgehead atoms.